The average Bonchev–Trinajstić information content (AvgIpc) is 2.84. The Kier molecular flexibility index (Phi) is 7.60. The molecule has 0 aliphatic carbocycles. The van der Waals surface area contributed by atoms with E-state index in [9.17, 15) is 22.0 Å². The van der Waals surface area contributed by atoms with Crippen molar-refractivity contribution in [1.29, 1.82) is 0 Å². The smallest absolute Gasteiger partial charge is 0.254 e. The summed E-state index contributed by atoms with van der Waals surface area (Å²) in [7, 11) is -2.01. The highest BCUT2D eigenvalue weighted by atomic mass is 32.2. The second kappa shape index (κ2) is 10.7. The number of pyridine rings is 1. The number of anilines is 1. The van der Waals surface area contributed by atoms with E-state index in [1.165, 1.54) is 35.8 Å². The van der Waals surface area contributed by atoms with Crippen LogP contribution >= 0.6 is 0 Å². The minimum atomic E-state index is -3.59. The van der Waals surface area contributed by atoms with Gasteiger partial charge in [-0.15, -0.1) is 0 Å². The maximum Gasteiger partial charge on any atom is 0.254 e. The molecule has 192 valence electrons. The molecule has 0 spiro atoms. The van der Waals surface area contributed by atoms with Crippen LogP contribution in [0, 0.1) is 11.6 Å². The van der Waals surface area contributed by atoms with Crippen LogP contribution in [0.15, 0.2) is 53.5 Å². The number of rotatable bonds is 8. The van der Waals surface area contributed by atoms with Crippen LogP contribution < -0.4 is 25.1 Å². The lowest BCUT2D eigenvalue weighted by Gasteiger charge is -2.25. The molecule has 2 N–H and O–H groups in total. The molecule has 0 radical (unpaired) electrons. The van der Waals surface area contributed by atoms with Gasteiger partial charge >= 0.3 is 0 Å². The van der Waals surface area contributed by atoms with Gasteiger partial charge in [-0.2, -0.15) is 0 Å². The van der Waals surface area contributed by atoms with Crippen molar-refractivity contribution < 1.29 is 26.7 Å². The maximum atomic E-state index is 14.4. The number of hydrogen-bond donors (Lipinski definition) is 2. The molecule has 3 aromatic rings. The number of aromatic nitrogens is 1. The molecule has 1 aliphatic heterocycles. The molecule has 0 unspecified atom stereocenters. The first-order valence-corrected chi connectivity index (χ1v) is 13.2. The fourth-order valence-electron chi connectivity index (χ4n) is 3.83. The van der Waals surface area contributed by atoms with E-state index in [1.54, 1.807) is 13.2 Å². The molecule has 36 heavy (non-hydrogen) atoms. The van der Waals surface area contributed by atoms with E-state index in [0.717, 1.165) is 38.1 Å². The van der Waals surface area contributed by atoms with Gasteiger partial charge in [0.25, 0.3) is 5.56 Å². The van der Waals surface area contributed by atoms with Gasteiger partial charge in [-0.05, 0) is 63.2 Å². The molecular weight excluding hydrogens is 492 g/mol. The van der Waals surface area contributed by atoms with E-state index in [-0.39, 0.29) is 34.6 Å². The summed E-state index contributed by atoms with van der Waals surface area (Å²) >= 11 is 0. The highest BCUT2D eigenvalue weighted by Crippen LogP contribution is 2.40. The molecule has 2 aromatic carbocycles. The van der Waals surface area contributed by atoms with Crippen LogP contribution in [0.1, 0.15) is 19.8 Å². The third-order valence-electron chi connectivity index (χ3n) is 5.81. The van der Waals surface area contributed by atoms with Gasteiger partial charge in [-0.25, -0.2) is 17.2 Å². The number of benzene rings is 2. The monoisotopic (exact) mass is 519 g/mol. The summed E-state index contributed by atoms with van der Waals surface area (Å²) in [4.78, 5) is 12.5. The SMILES string of the molecule is CCS(=O)(=O)Nc1ccc(Oc2ccc(F)cc2F)c(-c2cn(C)c(=O)cc2OC2CCNCC2)c1. The largest absolute Gasteiger partial charge is 0.489 e. The van der Waals surface area contributed by atoms with Crippen molar-refractivity contribution in [3.63, 3.8) is 0 Å². The number of sulfonamides is 1. The van der Waals surface area contributed by atoms with Crippen molar-refractivity contribution in [3.8, 4) is 28.4 Å². The quantitative estimate of drug-likeness (QED) is 0.467. The molecule has 0 atom stereocenters. The number of nitrogens with one attached hydrogen (secondary N) is 2. The van der Waals surface area contributed by atoms with Crippen LogP contribution in [0.4, 0.5) is 14.5 Å². The lowest BCUT2D eigenvalue weighted by molar-refractivity contribution is 0.163. The molecular formula is C25H27F2N3O5S. The van der Waals surface area contributed by atoms with Crippen LogP contribution in [-0.4, -0.2) is 37.9 Å². The summed E-state index contributed by atoms with van der Waals surface area (Å²) in [6.07, 6.45) is 2.92. The molecule has 1 saturated heterocycles. The minimum Gasteiger partial charge on any atom is -0.489 e. The molecule has 4 rings (SSSR count). The highest BCUT2D eigenvalue weighted by molar-refractivity contribution is 7.92. The normalized spacial score (nSPS) is 14.4. The van der Waals surface area contributed by atoms with Crippen LogP contribution in [-0.2, 0) is 17.1 Å². The molecule has 11 heteroatoms. The Hall–Kier alpha value is -3.44. The van der Waals surface area contributed by atoms with E-state index in [1.807, 2.05) is 0 Å². The summed E-state index contributed by atoms with van der Waals surface area (Å²) < 4.78 is 68.1. The van der Waals surface area contributed by atoms with Crippen molar-refractivity contribution in [1.82, 2.24) is 9.88 Å². The lowest BCUT2D eigenvalue weighted by atomic mass is 10.0. The Morgan fingerprint density at radius 1 is 1.03 bits per heavy atom. The first kappa shape index (κ1) is 25.6. The molecule has 8 nitrogen and oxygen atoms in total. The lowest BCUT2D eigenvalue weighted by Crippen LogP contribution is -2.34. The van der Waals surface area contributed by atoms with E-state index < -0.39 is 21.7 Å². The molecule has 0 bridgehead atoms. The molecule has 1 aliphatic rings. The average molecular weight is 520 g/mol. The van der Waals surface area contributed by atoms with Crippen LogP contribution in [0.2, 0.25) is 0 Å². The van der Waals surface area contributed by atoms with Crippen LogP contribution in [0.5, 0.6) is 17.2 Å². The molecule has 1 aromatic heterocycles. The Labute approximate surface area is 207 Å². The third-order valence-corrected chi connectivity index (χ3v) is 7.11. The first-order valence-electron chi connectivity index (χ1n) is 11.5. The van der Waals surface area contributed by atoms with Crippen molar-refractivity contribution in [2.75, 3.05) is 23.6 Å². The summed E-state index contributed by atoms with van der Waals surface area (Å²) in [6.45, 7) is 3.06. The van der Waals surface area contributed by atoms with Crippen molar-refractivity contribution in [3.05, 3.63) is 70.6 Å². The standard InChI is InChI=1S/C25H27F2N3O5S/c1-3-36(32,33)29-17-5-7-22(35-23-6-4-16(26)12-21(23)27)19(13-17)20-15-30(2)25(31)14-24(20)34-18-8-10-28-11-9-18/h4-7,12-15,18,28-29H,3,8-11H2,1-2H3. The van der Waals surface area contributed by atoms with Crippen LogP contribution in [0.3, 0.4) is 0 Å². The number of piperidine rings is 1. The zero-order valence-electron chi connectivity index (χ0n) is 19.9. The fourth-order valence-corrected chi connectivity index (χ4v) is 4.46. The fraction of sp³-hybridized carbons (Fsp3) is 0.320. The Morgan fingerprint density at radius 3 is 2.44 bits per heavy atom. The van der Waals surface area contributed by atoms with E-state index in [0.29, 0.717) is 22.9 Å². The highest BCUT2D eigenvalue weighted by Gasteiger charge is 2.21. The van der Waals surface area contributed by atoms with Gasteiger partial charge in [0, 0.05) is 42.2 Å². The van der Waals surface area contributed by atoms with E-state index in [2.05, 4.69) is 10.0 Å². The van der Waals surface area contributed by atoms with Crippen molar-refractivity contribution >= 4 is 15.7 Å². The molecule has 2 heterocycles. The predicted octanol–water partition coefficient (Wildman–Crippen LogP) is 4.02. The second-order valence-corrected chi connectivity index (χ2v) is 10.5. The molecule has 0 amide bonds. The second-order valence-electron chi connectivity index (χ2n) is 8.46. The summed E-state index contributed by atoms with van der Waals surface area (Å²) in [5, 5.41) is 3.25. The van der Waals surface area contributed by atoms with E-state index >= 15 is 0 Å². The Morgan fingerprint density at radius 2 is 1.75 bits per heavy atom. The Bertz CT molecular complexity index is 1420. The predicted molar refractivity (Wildman–Crippen MR) is 133 cm³/mol. The van der Waals surface area contributed by atoms with Gasteiger partial charge in [0.05, 0.1) is 5.75 Å². The summed E-state index contributed by atoms with van der Waals surface area (Å²) in [5.74, 6) is -1.54. The van der Waals surface area contributed by atoms with Crippen LogP contribution in [0.25, 0.3) is 11.1 Å². The molecule has 0 saturated carbocycles. The minimum absolute atomic E-state index is 0.127. The Balaban J connectivity index is 1.84. The van der Waals surface area contributed by atoms with Gasteiger partial charge in [0.2, 0.25) is 10.0 Å². The summed E-state index contributed by atoms with van der Waals surface area (Å²) in [5.41, 5.74) is 0.762. The van der Waals surface area contributed by atoms with Gasteiger partial charge < -0.3 is 19.4 Å². The third kappa shape index (κ3) is 6.03. The van der Waals surface area contributed by atoms with Gasteiger partial charge in [-0.3, -0.25) is 9.52 Å². The maximum absolute atomic E-state index is 14.4. The topological polar surface area (TPSA) is 98.7 Å². The van der Waals surface area contributed by atoms with E-state index in [4.69, 9.17) is 9.47 Å². The van der Waals surface area contributed by atoms with Gasteiger partial charge in [-0.1, -0.05) is 0 Å². The summed E-state index contributed by atoms with van der Waals surface area (Å²) in [6, 6.07) is 8.78. The number of ether oxygens (including phenoxy) is 2. The van der Waals surface area contributed by atoms with Crippen molar-refractivity contribution in [2.45, 2.75) is 25.9 Å². The van der Waals surface area contributed by atoms with Gasteiger partial charge in [0.1, 0.15) is 23.4 Å². The number of aryl methyl sites for hydroxylation is 1. The van der Waals surface area contributed by atoms with Crippen molar-refractivity contribution in [2.24, 2.45) is 7.05 Å². The number of nitrogens with zero attached hydrogens (tertiary/aromatic N) is 1. The van der Waals surface area contributed by atoms with Gasteiger partial charge in [0.15, 0.2) is 11.6 Å². The molecule has 1 fully saturated rings. The zero-order chi connectivity index (χ0) is 25.9. The zero-order valence-corrected chi connectivity index (χ0v) is 20.7. The first-order chi connectivity index (χ1) is 17.1. The number of hydrogen-bond acceptors (Lipinski definition) is 6. The number of halogens is 2.